The minimum Gasteiger partial charge on any atom is -0.315 e. The van der Waals surface area contributed by atoms with Crippen LogP contribution < -0.4 is 10.6 Å². The van der Waals surface area contributed by atoms with Crippen LogP contribution in [-0.2, 0) is 0 Å². The van der Waals surface area contributed by atoms with Crippen LogP contribution in [0, 0.1) is 10.8 Å². The van der Waals surface area contributed by atoms with E-state index in [4.69, 9.17) is 0 Å². The van der Waals surface area contributed by atoms with Crippen molar-refractivity contribution in [3.05, 3.63) is 0 Å². The molecule has 2 N–H and O–H groups in total. The standard InChI is InChI=1S/C10H22N2/c1-9(2,3)10(4)7-11-5-6-12-8-10/h11-12H,5-8H2,1-4H3. The zero-order chi connectivity index (χ0) is 9.24. The Bertz CT molecular complexity index is 138. The minimum atomic E-state index is 0.372. The summed E-state index contributed by atoms with van der Waals surface area (Å²) in [7, 11) is 0. The third kappa shape index (κ3) is 1.99. The molecule has 1 saturated heterocycles. The number of rotatable bonds is 0. The molecule has 1 aliphatic rings. The molecule has 0 aromatic carbocycles. The smallest absolute Gasteiger partial charge is 0.00769 e. The van der Waals surface area contributed by atoms with Gasteiger partial charge in [0, 0.05) is 26.2 Å². The monoisotopic (exact) mass is 170 g/mol. The van der Waals surface area contributed by atoms with Crippen LogP contribution in [0.15, 0.2) is 0 Å². The van der Waals surface area contributed by atoms with Gasteiger partial charge in [0.25, 0.3) is 0 Å². The third-order valence-corrected chi connectivity index (χ3v) is 3.32. The SMILES string of the molecule is CC(C)(C)C1(C)CNCCNC1. The lowest BCUT2D eigenvalue weighted by atomic mass is 9.68. The molecule has 12 heavy (non-hydrogen) atoms. The van der Waals surface area contributed by atoms with Crippen LogP contribution in [0.3, 0.4) is 0 Å². The van der Waals surface area contributed by atoms with Gasteiger partial charge in [-0.2, -0.15) is 0 Å². The lowest BCUT2D eigenvalue weighted by Gasteiger charge is -2.41. The van der Waals surface area contributed by atoms with Gasteiger partial charge in [-0.25, -0.2) is 0 Å². The molecular weight excluding hydrogens is 148 g/mol. The molecule has 0 bridgehead atoms. The van der Waals surface area contributed by atoms with E-state index in [1.54, 1.807) is 0 Å². The van der Waals surface area contributed by atoms with E-state index in [1.807, 2.05) is 0 Å². The second kappa shape index (κ2) is 3.35. The van der Waals surface area contributed by atoms with Crippen molar-refractivity contribution in [1.29, 1.82) is 0 Å². The Kier molecular flexibility index (Phi) is 2.79. The number of hydrogen-bond acceptors (Lipinski definition) is 2. The second-order valence-corrected chi connectivity index (χ2v) is 5.16. The first-order valence-electron chi connectivity index (χ1n) is 4.87. The molecule has 0 aliphatic carbocycles. The fourth-order valence-corrected chi connectivity index (χ4v) is 1.50. The van der Waals surface area contributed by atoms with Crippen LogP contribution in [0.2, 0.25) is 0 Å². The van der Waals surface area contributed by atoms with Gasteiger partial charge in [-0.15, -0.1) is 0 Å². The highest BCUT2D eigenvalue weighted by molar-refractivity contribution is 4.91. The lowest BCUT2D eigenvalue weighted by molar-refractivity contribution is 0.115. The molecule has 1 fully saturated rings. The van der Waals surface area contributed by atoms with Crippen molar-refractivity contribution in [3.63, 3.8) is 0 Å². The summed E-state index contributed by atoms with van der Waals surface area (Å²) in [5.74, 6) is 0. The molecule has 0 radical (unpaired) electrons. The van der Waals surface area contributed by atoms with Gasteiger partial charge < -0.3 is 10.6 Å². The second-order valence-electron chi connectivity index (χ2n) is 5.16. The van der Waals surface area contributed by atoms with E-state index in [0.29, 0.717) is 10.8 Å². The molecular formula is C10H22N2. The van der Waals surface area contributed by atoms with E-state index in [9.17, 15) is 0 Å². The van der Waals surface area contributed by atoms with Crippen molar-refractivity contribution in [2.45, 2.75) is 27.7 Å². The quantitative estimate of drug-likeness (QED) is 0.571. The van der Waals surface area contributed by atoms with Crippen LogP contribution in [0.25, 0.3) is 0 Å². The zero-order valence-electron chi connectivity index (χ0n) is 8.83. The molecule has 0 aromatic heterocycles. The van der Waals surface area contributed by atoms with Gasteiger partial charge in [-0.05, 0) is 10.8 Å². The fourth-order valence-electron chi connectivity index (χ4n) is 1.50. The van der Waals surface area contributed by atoms with Crippen LogP contribution in [0.4, 0.5) is 0 Å². The Labute approximate surface area is 76.1 Å². The van der Waals surface area contributed by atoms with E-state index in [0.717, 1.165) is 26.2 Å². The number of hydrogen-bond donors (Lipinski definition) is 2. The molecule has 0 saturated carbocycles. The minimum absolute atomic E-state index is 0.372. The largest absolute Gasteiger partial charge is 0.315 e. The van der Waals surface area contributed by atoms with Crippen LogP contribution >= 0.6 is 0 Å². The summed E-state index contributed by atoms with van der Waals surface area (Å²) in [5.41, 5.74) is 0.751. The maximum atomic E-state index is 3.48. The van der Waals surface area contributed by atoms with E-state index >= 15 is 0 Å². The van der Waals surface area contributed by atoms with E-state index in [-0.39, 0.29) is 0 Å². The summed E-state index contributed by atoms with van der Waals surface area (Å²) in [5, 5.41) is 6.96. The highest BCUT2D eigenvalue weighted by Gasteiger charge is 2.37. The molecule has 0 atom stereocenters. The Balaban J connectivity index is 2.67. The van der Waals surface area contributed by atoms with Gasteiger partial charge in [0.2, 0.25) is 0 Å². The van der Waals surface area contributed by atoms with Crippen molar-refractivity contribution in [3.8, 4) is 0 Å². The molecule has 0 spiro atoms. The summed E-state index contributed by atoms with van der Waals surface area (Å²) >= 11 is 0. The topological polar surface area (TPSA) is 24.1 Å². The van der Waals surface area contributed by atoms with E-state index in [1.165, 1.54) is 0 Å². The first-order chi connectivity index (χ1) is 5.46. The highest BCUT2D eigenvalue weighted by Crippen LogP contribution is 2.37. The average molecular weight is 170 g/mol. The molecule has 1 rings (SSSR count). The first kappa shape index (κ1) is 10.0. The van der Waals surface area contributed by atoms with Gasteiger partial charge in [0.15, 0.2) is 0 Å². The van der Waals surface area contributed by atoms with Crippen molar-refractivity contribution in [1.82, 2.24) is 10.6 Å². The summed E-state index contributed by atoms with van der Waals surface area (Å²) < 4.78 is 0. The fraction of sp³-hybridized carbons (Fsp3) is 1.00. The highest BCUT2D eigenvalue weighted by atomic mass is 15.0. The Morgan fingerprint density at radius 3 is 1.75 bits per heavy atom. The normalized spacial score (nSPS) is 25.0. The Morgan fingerprint density at radius 1 is 1.00 bits per heavy atom. The van der Waals surface area contributed by atoms with Crippen molar-refractivity contribution in [2.75, 3.05) is 26.2 Å². The Hall–Kier alpha value is -0.0800. The van der Waals surface area contributed by atoms with Gasteiger partial charge in [0.1, 0.15) is 0 Å². The van der Waals surface area contributed by atoms with Gasteiger partial charge in [-0.1, -0.05) is 27.7 Å². The molecule has 2 heteroatoms. The van der Waals surface area contributed by atoms with Crippen LogP contribution in [0.5, 0.6) is 0 Å². The molecule has 1 heterocycles. The summed E-state index contributed by atoms with van der Waals surface area (Å²) in [6.45, 7) is 13.8. The summed E-state index contributed by atoms with van der Waals surface area (Å²) in [6.07, 6.45) is 0. The maximum absolute atomic E-state index is 3.48. The molecule has 0 amide bonds. The molecule has 72 valence electrons. The average Bonchev–Trinajstić information content (AvgIpc) is 2.12. The van der Waals surface area contributed by atoms with Crippen molar-refractivity contribution in [2.24, 2.45) is 10.8 Å². The molecule has 0 unspecified atom stereocenters. The maximum Gasteiger partial charge on any atom is 0.00769 e. The van der Waals surface area contributed by atoms with Crippen LogP contribution in [-0.4, -0.2) is 26.2 Å². The van der Waals surface area contributed by atoms with Gasteiger partial charge in [0.05, 0.1) is 0 Å². The van der Waals surface area contributed by atoms with Crippen molar-refractivity contribution < 1.29 is 0 Å². The molecule has 0 aromatic rings. The lowest BCUT2D eigenvalue weighted by Crippen LogP contribution is -2.45. The van der Waals surface area contributed by atoms with Crippen LogP contribution in [0.1, 0.15) is 27.7 Å². The predicted octanol–water partition coefficient (Wildman–Crippen LogP) is 1.23. The number of nitrogens with one attached hydrogen (secondary N) is 2. The summed E-state index contributed by atoms with van der Waals surface area (Å²) in [4.78, 5) is 0. The van der Waals surface area contributed by atoms with E-state index in [2.05, 4.69) is 38.3 Å². The predicted molar refractivity (Wildman–Crippen MR) is 53.3 cm³/mol. The Morgan fingerprint density at radius 2 is 1.42 bits per heavy atom. The van der Waals surface area contributed by atoms with Gasteiger partial charge >= 0.3 is 0 Å². The molecule has 1 aliphatic heterocycles. The van der Waals surface area contributed by atoms with E-state index < -0.39 is 0 Å². The third-order valence-electron chi connectivity index (χ3n) is 3.32. The first-order valence-corrected chi connectivity index (χ1v) is 4.87. The molecule has 2 nitrogen and oxygen atoms in total. The zero-order valence-corrected chi connectivity index (χ0v) is 8.83. The van der Waals surface area contributed by atoms with Gasteiger partial charge in [-0.3, -0.25) is 0 Å². The summed E-state index contributed by atoms with van der Waals surface area (Å²) in [6, 6.07) is 0. The van der Waals surface area contributed by atoms with Crippen molar-refractivity contribution >= 4 is 0 Å².